The molecule has 1 aromatic carbocycles. The standard InChI is InChI=1S/C24H31BFN4O/c1-23(2,3)24(4,5)16-25-20-19(17-6-8-18(26)9-7-17)28-22-21(27-10-11-30(20)22)29-12-14-31-15-13-29/h6-11H,12-16H2,1-5H3. The van der Waals surface area contributed by atoms with E-state index in [9.17, 15) is 4.39 Å². The van der Waals surface area contributed by atoms with Gasteiger partial charge >= 0.3 is 0 Å². The fourth-order valence-corrected chi connectivity index (χ4v) is 3.65. The van der Waals surface area contributed by atoms with E-state index in [4.69, 9.17) is 9.72 Å². The Kier molecular flexibility index (Phi) is 5.82. The third kappa shape index (κ3) is 4.33. The lowest BCUT2D eigenvalue weighted by atomic mass is 9.54. The molecular formula is C24H31BFN4O. The van der Waals surface area contributed by atoms with E-state index in [0.29, 0.717) is 13.2 Å². The second-order valence-corrected chi connectivity index (χ2v) is 9.94. The highest BCUT2D eigenvalue weighted by molar-refractivity contribution is 6.54. The molecule has 1 radical (unpaired) electrons. The Morgan fingerprint density at radius 1 is 1.06 bits per heavy atom. The van der Waals surface area contributed by atoms with Gasteiger partial charge in [-0.15, -0.1) is 0 Å². The molecule has 163 valence electrons. The highest BCUT2D eigenvalue weighted by Gasteiger charge is 2.33. The Hall–Kier alpha value is -2.41. The highest BCUT2D eigenvalue weighted by Crippen LogP contribution is 2.41. The number of imidazole rings is 1. The van der Waals surface area contributed by atoms with Crippen molar-refractivity contribution in [3.63, 3.8) is 0 Å². The second kappa shape index (κ2) is 8.27. The van der Waals surface area contributed by atoms with Gasteiger partial charge in [-0.2, -0.15) is 0 Å². The van der Waals surface area contributed by atoms with E-state index < -0.39 is 0 Å². The summed E-state index contributed by atoms with van der Waals surface area (Å²) in [6.45, 7) is 14.4. The molecule has 1 fully saturated rings. The monoisotopic (exact) mass is 421 g/mol. The molecular weight excluding hydrogens is 390 g/mol. The minimum atomic E-state index is -0.248. The minimum Gasteiger partial charge on any atom is -0.378 e. The highest BCUT2D eigenvalue weighted by atomic mass is 19.1. The number of fused-ring (bicyclic) bond motifs is 1. The third-order valence-corrected chi connectivity index (χ3v) is 6.82. The van der Waals surface area contributed by atoms with Gasteiger partial charge in [0.2, 0.25) is 0 Å². The number of nitrogens with zero attached hydrogens (tertiary/aromatic N) is 4. The summed E-state index contributed by atoms with van der Waals surface area (Å²) in [5.41, 5.74) is 3.85. The zero-order valence-corrected chi connectivity index (χ0v) is 19.2. The number of aromatic nitrogens is 3. The maximum atomic E-state index is 13.6. The Labute approximate surface area is 184 Å². The first-order valence-electron chi connectivity index (χ1n) is 11.0. The van der Waals surface area contributed by atoms with Gasteiger partial charge in [0.25, 0.3) is 0 Å². The number of anilines is 1. The van der Waals surface area contributed by atoms with E-state index in [1.807, 2.05) is 12.4 Å². The van der Waals surface area contributed by atoms with Crippen molar-refractivity contribution in [2.24, 2.45) is 10.8 Å². The molecule has 1 aliphatic heterocycles. The number of benzene rings is 1. The predicted octanol–water partition coefficient (Wildman–Crippen LogP) is 4.19. The maximum Gasteiger partial charge on any atom is 0.180 e. The summed E-state index contributed by atoms with van der Waals surface area (Å²) in [7, 11) is 2.27. The van der Waals surface area contributed by atoms with Crippen molar-refractivity contribution in [2.45, 2.75) is 40.9 Å². The van der Waals surface area contributed by atoms with Crippen LogP contribution in [0.5, 0.6) is 0 Å². The van der Waals surface area contributed by atoms with Crippen molar-refractivity contribution in [3.05, 3.63) is 42.5 Å². The van der Waals surface area contributed by atoms with Crippen LogP contribution in [0.15, 0.2) is 36.7 Å². The van der Waals surface area contributed by atoms with Gasteiger partial charge in [-0.3, -0.25) is 0 Å². The number of halogens is 1. The average Bonchev–Trinajstić information content (AvgIpc) is 3.11. The van der Waals surface area contributed by atoms with Crippen LogP contribution < -0.4 is 10.5 Å². The molecule has 0 atom stereocenters. The van der Waals surface area contributed by atoms with Gasteiger partial charge in [0, 0.05) is 36.6 Å². The largest absolute Gasteiger partial charge is 0.378 e. The SMILES string of the molecule is CC(C)(C)C(C)(C)C[B]c1c(-c2ccc(F)cc2)nc2c(N3CCOCC3)nccn12. The lowest BCUT2D eigenvalue weighted by Gasteiger charge is -2.39. The number of hydrogen-bond donors (Lipinski definition) is 0. The van der Waals surface area contributed by atoms with Crippen molar-refractivity contribution in [1.29, 1.82) is 0 Å². The summed E-state index contributed by atoms with van der Waals surface area (Å²) in [5, 5.41) is 0. The van der Waals surface area contributed by atoms with E-state index in [2.05, 4.69) is 56.2 Å². The molecule has 0 saturated carbocycles. The molecule has 7 heteroatoms. The van der Waals surface area contributed by atoms with Crippen LogP contribution in [0, 0.1) is 16.6 Å². The lowest BCUT2D eigenvalue weighted by Crippen LogP contribution is -2.37. The molecule has 5 nitrogen and oxygen atoms in total. The number of hydrogen-bond acceptors (Lipinski definition) is 4. The van der Waals surface area contributed by atoms with Crippen molar-refractivity contribution >= 4 is 24.3 Å². The maximum absolute atomic E-state index is 13.6. The van der Waals surface area contributed by atoms with Crippen molar-refractivity contribution in [2.75, 3.05) is 31.2 Å². The van der Waals surface area contributed by atoms with Gasteiger partial charge in [-0.1, -0.05) is 40.9 Å². The Balaban J connectivity index is 1.81. The van der Waals surface area contributed by atoms with Crippen LogP contribution in [-0.4, -0.2) is 48.0 Å². The molecule has 0 spiro atoms. The summed E-state index contributed by atoms with van der Waals surface area (Å²) in [6, 6.07) is 6.57. The molecule has 3 aromatic rings. The molecule has 0 bridgehead atoms. The molecule has 4 rings (SSSR count). The number of ether oxygens (including phenoxy) is 1. The van der Waals surface area contributed by atoms with Crippen LogP contribution in [-0.2, 0) is 4.74 Å². The summed E-state index contributed by atoms with van der Waals surface area (Å²) >= 11 is 0. The van der Waals surface area contributed by atoms with Gasteiger partial charge in [0.15, 0.2) is 18.7 Å². The van der Waals surface area contributed by atoms with Crippen molar-refractivity contribution < 1.29 is 9.13 Å². The molecule has 2 aromatic heterocycles. The van der Waals surface area contributed by atoms with Crippen LogP contribution in [0.25, 0.3) is 16.9 Å². The van der Waals surface area contributed by atoms with E-state index in [0.717, 1.165) is 47.7 Å². The first-order chi connectivity index (χ1) is 14.7. The summed E-state index contributed by atoms with van der Waals surface area (Å²) in [5.74, 6) is 0.617. The van der Waals surface area contributed by atoms with E-state index >= 15 is 0 Å². The Morgan fingerprint density at radius 3 is 2.39 bits per heavy atom. The van der Waals surface area contributed by atoms with Crippen molar-refractivity contribution in [1.82, 2.24) is 14.4 Å². The van der Waals surface area contributed by atoms with E-state index in [1.54, 1.807) is 12.1 Å². The first kappa shape index (κ1) is 21.8. The normalized spacial score (nSPS) is 15.5. The molecule has 1 saturated heterocycles. The zero-order chi connectivity index (χ0) is 22.2. The Morgan fingerprint density at radius 2 is 1.74 bits per heavy atom. The molecule has 0 aliphatic carbocycles. The van der Waals surface area contributed by atoms with Crippen LogP contribution in [0.4, 0.5) is 10.2 Å². The topological polar surface area (TPSA) is 42.7 Å². The fraction of sp³-hybridized carbons (Fsp3) is 0.500. The van der Waals surface area contributed by atoms with E-state index in [1.165, 1.54) is 12.1 Å². The van der Waals surface area contributed by atoms with Gasteiger partial charge in [0.1, 0.15) is 5.82 Å². The summed E-state index contributed by atoms with van der Waals surface area (Å²) in [4.78, 5) is 11.9. The minimum absolute atomic E-state index is 0.0945. The number of morpholine rings is 1. The summed E-state index contributed by atoms with van der Waals surface area (Å²) in [6.07, 6.45) is 4.70. The average molecular weight is 421 g/mol. The third-order valence-electron chi connectivity index (χ3n) is 6.82. The fourth-order valence-electron chi connectivity index (χ4n) is 3.65. The smallest absolute Gasteiger partial charge is 0.180 e. The van der Waals surface area contributed by atoms with Crippen LogP contribution in [0.3, 0.4) is 0 Å². The first-order valence-corrected chi connectivity index (χ1v) is 11.0. The molecule has 3 heterocycles. The van der Waals surface area contributed by atoms with E-state index in [-0.39, 0.29) is 16.6 Å². The van der Waals surface area contributed by atoms with Crippen LogP contribution >= 0.6 is 0 Å². The predicted molar refractivity (Wildman–Crippen MR) is 125 cm³/mol. The molecule has 31 heavy (non-hydrogen) atoms. The van der Waals surface area contributed by atoms with Gasteiger partial charge in [-0.05, 0) is 35.1 Å². The van der Waals surface area contributed by atoms with Crippen LogP contribution in [0.2, 0.25) is 6.32 Å². The van der Waals surface area contributed by atoms with Crippen molar-refractivity contribution in [3.8, 4) is 11.3 Å². The number of rotatable bonds is 5. The zero-order valence-electron chi connectivity index (χ0n) is 19.2. The van der Waals surface area contributed by atoms with Gasteiger partial charge < -0.3 is 14.0 Å². The molecule has 1 aliphatic rings. The quantitative estimate of drug-likeness (QED) is 0.580. The Bertz CT molecular complexity index is 1050. The molecule has 0 amide bonds. The van der Waals surface area contributed by atoms with Crippen LogP contribution in [0.1, 0.15) is 34.6 Å². The second-order valence-electron chi connectivity index (χ2n) is 9.94. The summed E-state index contributed by atoms with van der Waals surface area (Å²) < 4.78 is 21.2. The lowest BCUT2D eigenvalue weighted by molar-refractivity contribution is 0.122. The van der Waals surface area contributed by atoms with Gasteiger partial charge in [-0.25, -0.2) is 14.4 Å². The molecule has 0 unspecified atom stereocenters. The molecule has 0 N–H and O–H groups in total. The van der Waals surface area contributed by atoms with Gasteiger partial charge in [0.05, 0.1) is 18.9 Å².